The summed E-state index contributed by atoms with van der Waals surface area (Å²) in [5, 5.41) is 0. The van der Waals surface area contributed by atoms with Gasteiger partial charge in [-0.05, 0) is 63.8 Å². The minimum Gasteiger partial charge on any atom is -0.255 e. The lowest BCUT2D eigenvalue weighted by Gasteiger charge is -2.06. The number of nitrogens with zero attached hydrogens (tertiary/aromatic N) is 2. The summed E-state index contributed by atoms with van der Waals surface area (Å²) in [6.45, 7) is 12.6. The summed E-state index contributed by atoms with van der Waals surface area (Å²) >= 11 is 0. The van der Waals surface area contributed by atoms with Crippen molar-refractivity contribution in [2.45, 2.75) is 41.5 Å². The molecule has 0 aliphatic rings. The second-order valence-electron chi connectivity index (χ2n) is 6.05. The Morgan fingerprint density at radius 2 is 0.818 bits per heavy atom. The van der Waals surface area contributed by atoms with Gasteiger partial charge in [0.2, 0.25) is 0 Å². The summed E-state index contributed by atoms with van der Waals surface area (Å²) in [6.07, 6.45) is 3.56. The summed E-state index contributed by atoms with van der Waals surface area (Å²) in [6, 6.07) is 8.63. The van der Waals surface area contributed by atoms with Gasteiger partial charge in [-0.25, -0.2) is 0 Å². The summed E-state index contributed by atoms with van der Waals surface area (Å²) in [4.78, 5) is 9.13. The Hall–Kier alpha value is -2.22. The third-order valence-electron chi connectivity index (χ3n) is 3.74. The quantitative estimate of drug-likeness (QED) is 0.654. The van der Waals surface area contributed by atoms with E-state index in [0.717, 1.165) is 11.4 Å². The number of aliphatic imine (C=N–C) groups is 2. The number of aryl methyl sites for hydroxylation is 6. The Balaban J connectivity index is 2.24. The Morgan fingerprint density at radius 3 is 1.09 bits per heavy atom. The van der Waals surface area contributed by atoms with Gasteiger partial charge in [0.1, 0.15) is 0 Å². The molecule has 2 aromatic rings. The zero-order valence-electron chi connectivity index (χ0n) is 14.4. The summed E-state index contributed by atoms with van der Waals surface area (Å²) in [7, 11) is 0. The van der Waals surface area contributed by atoms with Crippen molar-refractivity contribution in [2.24, 2.45) is 9.98 Å². The highest BCUT2D eigenvalue weighted by Crippen LogP contribution is 2.25. The molecule has 114 valence electrons. The molecule has 0 amide bonds. The van der Waals surface area contributed by atoms with Crippen LogP contribution in [0.5, 0.6) is 0 Å². The van der Waals surface area contributed by atoms with Gasteiger partial charge in [-0.3, -0.25) is 9.98 Å². The number of hydrogen-bond donors (Lipinski definition) is 0. The molecule has 2 heteroatoms. The van der Waals surface area contributed by atoms with Gasteiger partial charge < -0.3 is 0 Å². The first-order valence-electron chi connectivity index (χ1n) is 7.61. The van der Waals surface area contributed by atoms with Crippen LogP contribution in [0.25, 0.3) is 0 Å². The first-order valence-corrected chi connectivity index (χ1v) is 7.61. The van der Waals surface area contributed by atoms with Crippen molar-refractivity contribution in [3.8, 4) is 0 Å². The highest BCUT2D eigenvalue weighted by atomic mass is 14.8. The maximum absolute atomic E-state index is 4.56. The lowest BCUT2D eigenvalue weighted by atomic mass is 10.1. The molecule has 0 fully saturated rings. The molecule has 0 spiro atoms. The molecular formula is C20H24N2. The van der Waals surface area contributed by atoms with Crippen molar-refractivity contribution in [1.29, 1.82) is 0 Å². The van der Waals surface area contributed by atoms with E-state index in [2.05, 4.69) is 75.8 Å². The average molecular weight is 292 g/mol. The smallest absolute Gasteiger partial charge is 0.0688 e. The molecule has 0 saturated carbocycles. The van der Waals surface area contributed by atoms with Gasteiger partial charge in [0.15, 0.2) is 0 Å². The van der Waals surface area contributed by atoms with Crippen LogP contribution in [0.1, 0.15) is 33.4 Å². The lowest BCUT2D eigenvalue weighted by Crippen LogP contribution is -1.86. The Bertz CT molecular complexity index is 641. The van der Waals surface area contributed by atoms with Crippen LogP contribution in [-0.2, 0) is 0 Å². The van der Waals surface area contributed by atoms with E-state index in [1.165, 1.54) is 33.4 Å². The highest BCUT2D eigenvalue weighted by molar-refractivity contribution is 6.17. The molecule has 0 atom stereocenters. The second kappa shape index (κ2) is 6.69. The number of benzene rings is 2. The zero-order chi connectivity index (χ0) is 16.3. The van der Waals surface area contributed by atoms with Crippen molar-refractivity contribution in [3.63, 3.8) is 0 Å². The van der Waals surface area contributed by atoms with Gasteiger partial charge in [-0.15, -0.1) is 0 Å². The Morgan fingerprint density at radius 1 is 0.545 bits per heavy atom. The number of hydrogen-bond acceptors (Lipinski definition) is 2. The molecular weight excluding hydrogens is 268 g/mol. The first-order chi connectivity index (χ1) is 10.4. The predicted octanol–water partition coefficient (Wildman–Crippen LogP) is 5.64. The predicted molar refractivity (Wildman–Crippen MR) is 97.6 cm³/mol. The largest absolute Gasteiger partial charge is 0.255 e. The minimum atomic E-state index is 1.04. The van der Waals surface area contributed by atoms with Crippen LogP contribution in [0.3, 0.4) is 0 Å². The Kier molecular flexibility index (Phi) is 4.92. The second-order valence-corrected chi connectivity index (χ2v) is 6.05. The maximum atomic E-state index is 4.56. The lowest BCUT2D eigenvalue weighted by molar-refractivity contribution is 1.29. The topological polar surface area (TPSA) is 24.7 Å². The van der Waals surface area contributed by atoms with Crippen LogP contribution in [0.4, 0.5) is 11.4 Å². The normalized spacial score (nSPS) is 11.7. The van der Waals surface area contributed by atoms with E-state index in [4.69, 9.17) is 0 Å². The van der Waals surface area contributed by atoms with Gasteiger partial charge in [0, 0.05) is 12.4 Å². The van der Waals surface area contributed by atoms with E-state index < -0.39 is 0 Å². The molecule has 0 aliphatic heterocycles. The summed E-state index contributed by atoms with van der Waals surface area (Å²) < 4.78 is 0. The first kappa shape index (κ1) is 16.2. The fourth-order valence-electron chi connectivity index (χ4n) is 2.97. The van der Waals surface area contributed by atoms with Crippen molar-refractivity contribution >= 4 is 23.8 Å². The monoisotopic (exact) mass is 292 g/mol. The molecule has 0 heterocycles. The van der Waals surface area contributed by atoms with Gasteiger partial charge in [-0.2, -0.15) is 0 Å². The van der Waals surface area contributed by atoms with Gasteiger partial charge >= 0.3 is 0 Å². The third kappa shape index (κ3) is 3.70. The molecule has 2 aromatic carbocycles. The molecule has 0 N–H and O–H groups in total. The van der Waals surface area contributed by atoms with Crippen LogP contribution < -0.4 is 0 Å². The van der Waals surface area contributed by atoms with Crippen LogP contribution in [-0.4, -0.2) is 12.4 Å². The fourth-order valence-corrected chi connectivity index (χ4v) is 2.97. The standard InChI is InChI=1S/C20H24N2/c1-13-9-15(3)19(16(4)10-13)21-7-8-22-20-17(5)11-14(2)12-18(20)6/h7-12H,1-6H3/b21-7-,22-8?. The average Bonchev–Trinajstić information content (AvgIpc) is 2.38. The van der Waals surface area contributed by atoms with Crippen molar-refractivity contribution in [3.05, 3.63) is 57.6 Å². The third-order valence-corrected chi connectivity index (χ3v) is 3.74. The van der Waals surface area contributed by atoms with Crippen molar-refractivity contribution in [1.82, 2.24) is 0 Å². The molecule has 0 bridgehead atoms. The van der Waals surface area contributed by atoms with Crippen molar-refractivity contribution < 1.29 is 0 Å². The van der Waals surface area contributed by atoms with Gasteiger partial charge in [-0.1, -0.05) is 35.4 Å². The van der Waals surface area contributed by atoms with Gasteiger partial charge in [0.25, 0.3) is 0 Å². The van der Waals surface area contributed by atoms with Crippen LogP contribution in [0, 0.1) is 41.5 Å². The molecule has 0 aliphatic carbocycles. The maximum Gasteiger partial charge on any atom is 0.0688 e. The summed E-state index contributed by atoms with van der Waals surface area (Å²) in [5.41, 5.74) is 9.41. The van der Waals surface area contributed by atoms with Gasteiger partial charge in [0.05, 0.1) is 11.4 Å². The Labute approximate surface area is 133 Å². The number of rotatable bonds is 3. The van der Waals surface area contributed by atoms with E-state index in [-0.39, 0.29) is 0 Å². The molecule has 2 rings (SSSR count). The minimum absolute atomic E-state index is 1.04. The van der Waals surface area contributed by atoms with E-state index in [9.17, 15) is 0 Å². The molecule has 2 nitrogen and oxygen atoms in total. The van der Waals surface area contributed by atoms with Crippen LogP contribution in [0.2, 0.25) is 0 Å². The molecule has 0 unspecified atom stereocenters. The molecule has 0 aromatic heterocycles. The highest BCUT2D eigenvalue weighted by Gasteiger charge is 2.02. The van der Waals surface area contributed by atoms with Crippen molar-refractivity contribution in [2.75, 3.05) is 0 Å². The molecule has 0 saturated heterocycles. The fraction of sp³-hybridized carbons (Fsp3) is 0.300. The van der Waals surface area contributed by atoms with Crippen LogP contribution >= 0.6 is 0 Å². The van der Waals surface area contributed by atoms with E-state index in [0.29, 0.717) is 0 Å². The SMILES string of the molecule is Cc1cc(C)c(N=C/C=N\c2c(C)cc(C)cc2C)c(C)c1. The van der Waals surface area contributed by atoms with E-state index in [1.54, 1.807) is 12.4 Å². The molecule has 22 heavy (non-hydrogen) atoms. The van der Waals surface area contributed by atoms with E-state index in [1.807, 2.05) is 0 Å². The zero-order valence-corrected chi connectivity index (χ0v) is 14.4. The molecule has 0 radical (unpaired) electrons. The van der Waals surface area contributed by atoms with Crippen LogP contribution in [0.15, 0.2) is 34.3 Å². The summed E-state index contributed by atoms with van der Waals surface area (Å²) in [5.74, 6) is 0. The van der Waals surface area contributed by atoms with E-state index >= 15 is 0 Å².